The van der Waals surface area contributed by atoms with Crippen molar-refractivity contribution in [1.29, 1.82) is 0 Å². The van der Waals surface area contributed by atoms with E-state index in [0.717, 1.165) is 0 Å². The molecule has 0 heteroatoms. The van der Waals surface area contributed by atoms with Crippen LogP contribution in [-0.2, 0) is 0 Å². The molecule has 35 heavy (non-hydrogen) atoms. The Morgan fingerprint density at radius 1 is 0.314 bits per heavy atom. The first kappa shape index (κ1) is 22.4. The van der Waals surface area contributed by atoms with E-state index in [2.05, 4.69) is 159 Å². The summed E-state index contributed by atoms with van der Waals surface area (Å²) in [6.45, 7) is 2.24. The lowest BCUT2D eigenvalue weighted by Gasteiger charge is -2.23. The Hall–Kier alpha value is -4.42. The number of hydrogen-bond acceptors (Lipinski definition) is 0. The molecule has 0 saturated carbocycles. The molecule has 0 heterocycles. The van der Waals surface area contributed by atoms with Gasteiger partial charge < -0.3 is 0 Å². The van der Waals surface area contributed by atoms with E-state index in [-0.39, 0.29) is 0 Å². The van der Waals surface area contributed by atoms with E-state index < -0.39 is 0 Å². The predicted octanol–water partition coefficient (Wildman–Crippen LogP) is 9.28. The van der Waals surface area contributed by atoms with Crippen LogP contribution in [0.1, 0.15) is 34.7 Å². The quantitative estimate of drug-likeness (QED) is 0.179. The van der Waals surface area contributed by atoms with Gasteiger partial charge in [0.05, 0.1) is 0 Å². The third-order valence-corrected chi connectivity index (χ3v) is 6.33. The van der Waals surface area contributed by atoms with Crippen molar-refractivity contribution in [2.24, 2.45) is 0 Å². The first-order chi connectivity index (χ1) is 17.3. The summed E-state index contributed by atoms with van der Waals surface area (Å²) in [5, 5.41) is 0. The fourth-order valence-corrected chi connectivity index (χ4v) is 4.67. The number of rotatable bonds is 6. The van der Waals surface area contributed by atoms with Crippen molar-refractivity contribution in [3.05, 3.63) is 179 Å². The van der Waals surface area contributed by atoms with Crippen molar-refractivity contribution in [2.75, 3.05) is 0 Å². The van der Waals surface area contributed by atoms with E-state index >= 15 is 0 Å². The van der Waals surface area contributed by atoms with Crippen LogP contribution in [0.3, 0.4) is 0 Å². The lowest BCUT2D eigenvalue weighted by molar-refractivity contribution is 1.51. The zero-order chi connectivity index (χ0) is 23.9. The third-order valence-electron chi connectivity index (χ3n) is 6.33. The molecule has 0 atom stereocenters. The Bertz CT molecular complexity index is 1390. The summed E-state index contributed by atoms with van der Waals surface area (Å²) in [6, 6.07) is 53.8. The monoisotopic (exact) mass is 448 g/mol. The van der Waals surface area contributed by atoms with Gasteiger partial charge in [0.2, 0.25) is 0 Å². The van der Waals surface area contributed by atoms with Crippen LogP contribution in [0.25, 0.3) is 22.3 Å². The van der Waals surface area contributed by atoms with E-state index in [1.807, 2.05) is 0 Å². The summed E-state index contributed by atoms with van der Waals surface area (Å²) in [4.78, 5) is 0. The van der Waals surface area contributed by atoms with Gasteiger partial charge in [0.25, 0.3) is 0 Å². The molecular formula is C35H28. The fraction of sp³-hybridized carbons (Fsp3) is 0.0286. The van der Waals surface area contributed by atoms with Crippen LogP contribution in [-0.4, -0.2) is 0 Å². The molecular weight excluding hydrogens is 420 g/mol. The number of allylic oxidation sites excluding steroid dienone is 3. The second-order valence-corrected chi connectivity index (χ2v) is 8.58. The average molecular weight is 449 g/mol. The minimum absolute atomic E-state index is 1.20. The highest BCUT2D eigenvalue weighted by Crippen LogP contribution is 2.44. The van der Waals surface area contributed by atoms with Gasteiger partial charge in [-0.3, -0.25) is 0 Å². The van der Waals surface area contributed by atoms with Crippen LogP contribution in [0.2, 0.25) is 0 Å². The maximum absolute atomic E-state index is 2.24. The summed E-state index contributed by atoms with van der Waals surface area (Å²) in [6.07, 6.45) is 0. The number of benzene rings is 5. The van der Waals surface area contributed by atoms with Gasteiger partial charge in [-0.25, -0.2) is 0 Å². The smallest absolute Gasteiger partial charge is 0.00179 e. The second-order valence-electron chi connectivity index (χ2n) is 8.58. The van der Waals surface area contributed by atoms with Crippen LogP contribution in [0.4, 0.5) is 0 Å². The molecule has 0 radical (unpaired) electrons. The first-order valence-corrected chi connectivity index (χ1v) is 12.1. The van der Waals surface area contributed by atoms with Crippen LogP contribution in [0, 0.1) is 0 Å². The Labute approximate surface area is 208 Å². The van der Waals surface area contributed by atoms with Crippen LogP contribution in [0.5, 0.6) is 0 Å². The van der Waals surface area contributed by atoms with E-state index in [4.69, 9.17) is 0 Å². The zero-order valence-electron chi connectivity index (χ0n) is 19.9. The van der Waals surface area contributed by atoms with E-state index in [1.165, 1.54) is 50.1 Å². The van der Waals surface area contributed by atoms with Gasteiger partial charge in [0.15, 0.2) is 0 Å². The van der Waals surface area contributed by atoms with Crippen LogP contribution >= 0.6 is 0 Å². The number of hydrogen-bond donors (Lipinski definition) is 0. The summed E-state index contributed by atoms with van der Waals surface area (Å²) in [5.41, 5.74) is 11.0. The lowest BCUT2D eigenvalue weighted by atomic mass is 9.80. The van der Waals surface area contributed by atoms with Gasteiger partial charge >= 0.3 is 0 Å². The van der Waals surface area contributed by atoms with Crippen molar-refractivity contribution in [1.82, 2.24) is 0 Å². The highest BCUT2D eigenvalue weighted by atomic mass is 14.2. The summed E-state index contributed by atoms with van der Waals surface area (Å²) < 4.78 is 0. The second kappa shape index (κ2) is 10.7. The Balaban J connectivity index is 1.96. The van der Waals surface area contributed by atoms with Gasteiger partial charge in [-0.1, -0.05) is 152 Å². The van der Waals surface area contributed by atoms with Crippen molar-refractivity contribution in [3.63, 3.8) is 0 Å². The van der Waals surface area contributed by atoms with Gasteiger partial charge in [-0.15, -0.1) is 0 Å². The normalized spacial score (nSPS) is 11.5. The first-order valence-electron chi connectivity index (χ1n) is 12.1. The molecule has 0 aliphatic heterocycles. The van der Waals surface area contributed by atoms with Gasteiger partial charge in [-0.2, -0.15) is 0 Å². The maximum atomic E-state index is 2.24. The minimum atomic E-state index is 1.20. The predicted molar refractivity (Wildman–Crippen MR) is 151 cm³/mol. The Kier molecular flexibility index (Phi) is 6.82. The van der Waals surface area contributed by atoms with Gasteiger partial charge in [0, 0.05) is 0 Å². The molecule has 5 aromatic carbocycles. The molecule has 0 spiro atoms. The average Bonchev–Trinajstić information content (AvgIpc) is 2.95. The lowest BCUT2D eigenvalue weighted by Crippen LogP contribution is -2.00. The molecule has 0 unspecified atom stereocenters. The molecule has 0 aliphatic rings. The van der Waals surface area contributed by atoms with E-state index in [9.17, 15) is 0 Å². The Morgan fingerprint density at radius 3 is 0.971 bits per heavy atom. The highest BCUT2D eigenvalue weighted by Gasteiger charge is 2.21. The van der Waals surface area contributed by atoms with Gasteiger partial charge in [0.1, 0.15) is 0 Å². The zero-order valence-corrected chi connectivity index (χ0v) is 19.9. The molecule has 0 bridgehead atoms. The maximum Gasteiger partial charge on any atom is -0.00179 e. The molecule has 0 fully saturated rings. The Morgan fingerprint density at radius 2 is 0.600 bits per heavy atom. The molecule has 0 nitrogen and oxygen atoms in total. The van der Waals surface area contributed by atoms with Crippen LogP contribution in [0.15, 0.2) is 152 Å². The van der Waals surface area contributed by atoms with Crippen molar-refractivity contribution >= 4 is 22.3 Å². The molecule has 0 aromatic heterocycles. The summed E-state index contributed by atoms with van der Waals surface area (Å²) >= 11 is 0. The van der Waals surface area contributed by atoms with Crippen LogP contribution < -0.4 is 0 Å². The standard InChI is InChI=1S/C35H28/c1-27(28-17-7-2-8-18-28)33(29-19-9-3-10-20-29)35(32-25-15-6-16-26-32)34(30-21-11-4-12-22-30)31-23-13-5-14-24-31/h2-26H,1H3. The van der Waals surface area contributed by atoms with E-state index in [1.54, 1.807) is 0 Å². The SMILES string of the molecule is CC(=C(C(=C(c1ccccc1)c1ccccc1)c1ccccc1)c1ccccc1)c1ccccc1. The molecule has 0 saturated heterocycles. The topological polar surface area (TPSA) is 0 Å². The van der Waals surface area contributed by atoms with Crippen molar-refractivity contribution in [2.45, 2.75) is 6.92 Å². The van der Waals surface area contributed by atoms with E-state index in [0.29, 0.717) is 0 Å². The molecule has 0 amide bonds. The van der Waals surface area contributed by atoms with Gasteiger partial charge in [-0.05, 0) is 57.0 Å². The fourth-order valence-electron chi connectivity index (χ4n) is 4.67. The molecule has 0 N–H and O–H groups in total. The molecule has 0 aliphatic carbocycles. The van der Waals surface area contributed by atoms with Crippen molar-refractivity contribution < 1.29 is 0 Å². The minimum Gasteiger partial charge on any atom is -0.0622 e. The highest BCUT2D eigenvalue weighted by molar-refractivity contribution is 6.23. The molecule has 168 valence electrons. The molecule has 5 rings (SSSR count). The van der Waals surface area contributed by atoms with Crippen molar-refractivity contribution in [3.8, 4) is 0 Å². The largest absolute Gasteiger partial charge is 0.0622 e. The summed E-state index contributed by atoms with van der Waals surface area (Å²) in [5.74, 6) is 0. The molecule has 5 aromatic rings. The summed E-state index contributed by atoms with van der Waals surface area (Å²) in [7, 11) is 0. The third kappa shape index (κ3) is 4.93.